The summed E-state index contributed by atoms with van der Waals surface area (Å²) in [6.45, 7) is 3.06. The lowest BCUT2D eigenvalue weighted by Gasteiger charge is -2.17. The van der Waals surface area contributed by atoms with Crippen molar-refractivity contribution in [1.29, 1.82) is 0 Å². The smallest absolute Gasteiger partial charge is 0.0681 e. The molecular formula is C18H24N2O. The second kappa shape index (κ2) is 7.25. The van der Waals surface area contributed by atoms with Gasteiger partial charge < -0.3 is 15.3 Å². The molecule has 2 aromatic carbocycles. The van der Waals surface area contributed by atoms with Crippen LogP contribution in [0, 0.1) is 0 Å². The van der Waals surface area contributed by atoms with Gasteiger partial charge in [-0.1, -0.05) is 36.4 Å². The maximum absolute atomic E-state index is 9.16. The van der Waals surface area contributed by atoms with E-state index in [0.717, 1.165) is 12.1 Å². The average Bonchev–Trinajstić information content (AvgIpc) is 2.53. The van der Waals surface area contributed by atoms with E-state index in [1.54, 1.807) is 0 Å². The Balaban J connectivity index is 1.96. The Morgan fingerprint density at radius 2 is 1.71 bits per heavy atom. The van der Waals surface area contributed by atoms with E-state index in [1.807, 2.05) is 32.3 Å². The maximum atomic E-state index is 9.16. The molecule has 21 heavy (non-hydrogen) atoms. The molecule has 0 aliphatic heterocycles. The molecule has 0 aliphatic rings. The lowest BCUT2D eigenvalue weighted by atomic mass is 10.1. The van der Waals surface area contributed by atoms with Gasteiger partial charge in [-0.3, -0.25) is 0 Å². The van der Waals surface area contributed by atoms with Crippen LogP contribution in [0.2, 0.25) is 0 Å². The number of nitrogens with zero attached hydrogens (tertiary/aromatic N) is 1. The molecule has 2 rings (SSSR count). The zero-order valence-electron chi connectivity index (χ0n) is 13.0. The number of benzene rings is 2. The van der Waals surface area contributed by atoms with E-state index in [9.17, 15) is 0 Å². The normalized spacial score (nSPS) is 12.2. The lowest BCUT2D eigenvalue weighted by molar-refractivity contribution is 0.281. The van der Waals surface area contributed by atoms with E-state index in [4.69, 9.17) is 5.11 Å². The zero-order chi connectivity index (χ0) is 15.2. The molecule has 0 aromatic heterocycles. The summed E-state index contributed by atoms with van der Waals surface area (Å²) < 4.78 is 0. The summed E-state index contributed by atoms with van der Waals surface area (Å²) in [4.78, 5) is 2.10. The first-order chi connectivity index (χ1) is 10.1. The molecular weight excluding hydrogens is 260 g/mol. The molecule has 1 unspecified atom stereocenters. The van der Waals surface area contributed by atoms with Crippen LogP contribution < -0.4 is 10.2 Å². The Labute approximate surface area is 127 Å². The van der Waals surface area contributed by atoms with Crippen LogP contribution >= 0.6 is 0 Å². The van der Waals surface area contributed by atoms with E-state index in [0.29, 0.717) is 6.04 Å². The third-order valence-corrected chi connectivity index (χ3v) is 3.70. The standard InChI is InChI=1S/C18H24N2O/c1-14(17-7-9-18(10-8-17)20(2)3)19-12-15-5-4-6-16(11-15)13-21/h4-11,14,19,21H,12-13H2,1-3H3. The quantitative estimate of drug-likeness (QED) is 0.855. The van der Waals surface area contributed by atoms with Crippen LogP contribution in [-0.2, 0) is 13.2 Å². The molecule has 0 bridgehead atoms. The molecule has 0 fully saturated rings. The van der Waals surface area contributed by atoms with Crippen molar-refractivity contribution in [2.75, 3.05) is 19.0 Å². The fourth-order valence-corrected chi connectivity index (χ4v) is 2.29. The van der Waals surface area contributed by atoms with Gasteiger partial charge in [-0.25, -0.2) is 0 Å². The molecule has 0 saturated carbocycles. The monoisotopic (exact) mass is 284 g/mol. The van der Waals surface area contributed by atoms with Gasteiger partial charge in [0.1, 0.15) is 0 Å². The Hall–Kier alpha value is -1.84. The van der Waals surface area contributed by atoms with Crippen LogP contribution in [0.3, 0.4) is 0 Å². The molecule has 3 nitrogen and oxygen atoms in total. The highest BCUT2D eigenvalue weighted by molar-refractivity contribution is 5.46. The lowest BCUT2D eigenvalue weighted by Crippen LogP contribution is -2.18. The molecule has 0 spiro atoms. The Bertz CT molecular complexity index is 564. The van der Waals surface area contributed by atoms with Crippen LogP contribution in [0.25, 0.3) is 0 Å². The summed E-state index contributed by atoms with van der Waals surface area (Å²) >= 11 is 0. The van der Waals surface area contributed by atoms with Crippen molar-refractivity contribution in [2.45, 2.75) is 26.1 Å². The zero-order valence-corrected chi connectivity index (χ0v) is 13.0. The van der Waals surface area contributed by atoms with Gasteiger partial charge >= 0.3 is 0 Å². The first-order valence-electron chi connectivity index (χ1n) is 7.29. The Kier molecular flexibility index (Phi) is 5.37. The van der Waals surface area contributed by atoms with Crippen molar-refractivity contribution < 1.29 is 5.11 Å². The highest BCUT2D eigenvalue weighted by atomic mass is 16.3. The Morgan fingerprint density at radius 1 is 1.05 bits per heavy atom. The summed E-state index contributed by atoms with van der Waals surface area (Å²) in [5, 5.41) is 12.7. The van der Waals surface area contributed by atoms with Gasteiger partial charge in [-0.15, -0.1) is 0 Å². The van der Waals surface area contributed by atoms with E-state index in [1.165, 1.54) is 16.8 Å². The van der Waals surface area contributed by atoms with Crippen molar-refractivity contribution in [1.82, 2.24) is 5.32 Å². The Morgan fingerprint density at radius 3 is 2.33 bits per heavy atom. The molecule has 1 atom stereocenters. The number of anilines is 1. The van der Waals surface area contributed by atoms with Gasteiger partial charge in [-0.2, -0.15) is 0 Å². The van der Waals surface area contributed by atoms with Gasteiger partial charge in [0.05, 0.1) is 6.61 Å². The minimum atomic E-state index is 0.0927. The van der Waals surface area contributed by atoms with Crippen LogP contribution in [-0.4, -0.2) is 19.2 Å². The summed E-state index contributed by atoms with van der Waals surface area (Å²) in [6, 6.07) is 16.9. The molecule has 3 heteroatoms. The SMILES string of the molecule is CC(NCc1cccc(CO)c1)c1ccc(N(C)C)cc1. The first-order valence-corrected chi connectivity index (χ1v) is 7.29. The second-order valence-electron chi connectivity index (χ2n) is 5.57. The van der Waals surface area contributed by atoms with Gasteiger partial charge in [-0.05, 0) is 35.7 Å². The highest BCUT2D eigenvalue weighted by Crippen LogP contribution is 2.18. The summed E-state index contributed by atoms with van der Waals surface area (Å²) in [5.41, 5.74) is 4.64. The molecule has 2 aromatic rings. The fourth-order valence-electron chi connectivity index (χ4n) is 2.29. The van der Waals surface area contributed by atoms with Crippen molar-refractivity contribution >= 4 is 5.69 Å². The first kappa shape index (κ1) is 15.5. The predicted molar refractivity (Wildman–Crippen MR) is 88.4 cm³/mol. The molecule has 112 valence electrons. The van der Waals surface area contributed by atoms with Gasteiger partial charge in [0, 0.05) is 32.4 Å². The number of aliphatic hydroxyl groups is 1. The minimum absolute atomic E-state index is 0.0927. The maximum Gasteiger partial charge on any atom is 0.0681 e. The van der Waals surface area contributed by atoms with E-state index in [-0.39, 0.29) is 6.61 Å². The summed E-state index contributed by atoms with van der Waals surface area (Å²) in [7, 11) is 4.09. The molecule has 0 saturated heterocycles. The average molecular weight is 284 g/mol. The van der Waals surface area contributed by atoms with Crippen LogP contribution in [0.15, 0.2) is 48.5 Å². The van der Waals surface area contributed by atoms with Crippen LogP contribution in [0.4, 0.5) is 5.69 Å². The largest absolute Gasteiger partial charge is 0.392 e. The number of rotatable bonds is 6. The topological polar surface area (TPSA) is 35.5 Å². The summed E-state index contributed by atoms with van der Waals surface area (Å²) in [5.74, 6) is 0. The number of nitrogens with one attached hydrogen (secondary N) is 1. The molecule has 0 radical (unpaired) electrons. The van der Waals surface area contributed by atoms with Crippen molar-refractivity contribution in [3.05, 3.63) is 65.2 Å². The number of hydrogen-bond donors (Lipinski definition) is 2. The van der Waals surface area contributed by atoms with Gasteiger partial charge in [0.2, 0.25) is 0 Å². The third-order valence-electron chi connectivity index (χ3n) is 3.70. The van der Waals surface area contributed by atoms with E-state index in [2.05, 4.69) is 47.5 Å². The van der Waals surface area contributed by atoms with Crippen molar-refractivity contribution in [3.8, 4) is 0 Å². The van der Waals surface area contributed by atoms with Crippen LogP contribution in [0.5, 0.6) is 0 Å². The van der Waals surface area contributed by atoms with Crippen molar-refractivity contribution in [3.63, 3.8) is 0 Å². The highest BCUT2D eigenvalue weighted by Gasteiger charge is 2.05. The molecule has 0 aliphatic carbocycles. The molecule has 0 heterocycles. The van der Waals surface area contributed by atoms with Crippen LogP contribution in [0.1, 0.15) is 29.7 Å². The molecule has 0 amide bonds. The minimum Gasteiger partial charge on any atom is -0.392 e. The molecule has 2 N–H and O–H groups in total. The van der Waals surface area contributed by atoms with Crippen molar-refractivity contribution in [2.24, 2.45) is 0 Å². The predicted octanol–water partition coefficient (Wildman–Crippen LogP) is 3.10. The third kappa shape index (κ3) is 4.31. The number of hydrogen-bond acceptors (Lipinski definition) is 3. The summed E-state index contributed by atoms with van der Waals surface area (Å²) in [6.07, 6.45) is 0. The van der Waals surface area contributed by atoms with E-state index >= 15 is 0 Å². The number of aliphatic hydroxyl groups excluding tert-OH is 1. The van der Waals surface area contributed by atoms with Gasteiger partial charge in [0.25, 0.3) is 0 Å². The fraction of sp³-hybridized carbons (Fsp3) is 0.333. The van der Waals surface area contributed by atoms with Gasteiger partial charge in [0.15, 0.2) is 0 Å². The second-order valence-corrected chi connectivity index (χ2v) is 5.57. The van der Waals surface area contributed by atoms with E-state index < -0.39 is 0 Å².